The number of unbranched alkanes of at least 4 members (excludes halogenated alkanes) is 2. The van der Waals surface area contributed by atoms with E-state index < -0.39 is 5.97 Å². The molecule has 1 aliphatic carbocycles. The fourth-order valence-electron chi connectivity index (χ4n) is 3.91. The molecule has 24 heavy (non-hydrogen) atoms. The molecule has 1 aromatic rings. The maximum atomic E-state index is 12.4. The van der Waals surface area contributed by atoms with E-state index >= 15 is 0 Å². The molecule has 0 aromatic heterocycles. The Morgan fingerprint density at radius 1 is 1.04 bits per heavy atom. The van der Waals surface area contributed by atoms with Crippen LogP contribution in [0, 0.1) is 5.92 Å². The molecule has 1 saturated carbocycles. The van der Waals surface area contributed by atoms with Gasteiger partial charge in [-0.25, -0.2) is 0 Å². The standard InChI is InChI=1S/C21H30O3/c1-2-3-4-7-16-10-12-17(13-11-16)18-8-5-6-9-19(18)20(22)14-15-21(23)24/h5-6,8-9,16-17H,2-4,7,10-15H2,1H3,(H,23,24)/t16-,17-. The zero-order valence-electron chi connectivity index (χ0n) is 14.8. The molecule has 0 amide bonds. The number of hydrogen-bond donors (Lipinski definition) is 1. The first kappa shape index (κ1) is 18.7. The summed E-state index contributed by atoms with van der Waals surface area (Å²) in [6.45, 7) is 2.25. The van der Waals surface area contributed by atoms with Crippen LogP contribution >= 0.6 is 0 Å². The maximum absolute atomic E-state index is 12.4. The largest absolute Gasteiger partial charge is 0.481 e. The van der Waals surface area contributed by atoms with E-state index in [4.69, 9.17) is 5.11 Å². The highest BCUT2D eigenvalue weighted by atomic mass is 16.4. The Bertz CT molecular complexity index is 542. The maximum Gasteiger partial charge on any atom is 0.303 e. The number of carboxylic acid groups (broad SMARTS) is 1. The summed E-state index contributed by atoms with van der Waals surface area (Å²) in [7, 11) is 0. The van der Waals surface area contributed by atoms with Crippen LogP contribution in [0.4, 0.5) is 0 Å². The lowest BCUT2D eigenvalue weighted by Gasteiger charge is -2.30. The molecule has 0 heterocycles. The monoisotopic (exact) mass is 330 g/mol. The molecule has 0 radical (unpaired) electrons. The summed E-state index contributed by atoms with van der Waals surface area (Å²) < 4.78 is 0. The number of ketones is 1. The summed E-state index contributed by atoms with van der Waals surface area (Å²) in [4.78, 5) is 23.1. The molecule has 2 rings (SSSR count). The van der Waals surface area contributed by atoms with Crippen molar-refractivity contribution in [3.05, 3.63) is 35.4 Å². The average molecular weight is 330 g/mol. The van der Waals surface area contributed by atoms with Crippen molar-refractivity contribution in [3.8, 4) is 0 Å². The molecule has 0 bridgehead atoms. The second-order valence-corrected chi connectivity index (χ2v) is 7.12. The highest BCUT2D eigenvalue weighted by Gasteiger charge is 2.25. The van der Waals surface area contributed by atoms with Crippen molar-refractivity contribution in [2.75, 3.05) is 0 Å². The molecule has 1 aromatic carbocycles. The van der Waals surface area contributed by atoms with Crippen LogP contribution < -0.4 is 0 Å². The van der Waals surface area contributed by atoms with Crippen molar-refractivity contribution < 1.29 is 14.7 Å². The van der Waals surface area contributed by atoms with E-state index in [1.165, 1.54) is 38.5 Å². The summed E-state index contributed by atoms with van der Waals surface area (Å²) in [5, 5.41) is 8.79. The van der Waals surface area contributed by atoms with Gasteiger partial charge in [-0.1, -0.05) is 56.9 Å². The lowest BCUT2D eigenvalue weighted by molar-refractivity contribution is -0.136. The fraction of sp³-hybridized carbons (Fsp3) is 0.619. The van der Waals surface area contributed by atoms with Gasteiger partial charge in [0.1, 0.15) is 0 Å². The SMILES string of the molecule is CCCCC[C@H]1CC[C@H](c2ccccc2C(=O)CCC(=O)O)CC1. The summed E-state index contributed by atoms with van der Waals surface area (Å²) in [5.41, 5.74) is 1.88. The molecule has 0 atom stereocenters. The Labute approximate surface area is 145 Å². The van der Waals surface area contributed by atoms with Crippen LogP contribution in [0.3, 0.4) is 0 Å². The number of hydrogen-bond acceptors (Lipinski definition) is 2. The topological polar surface area (TPSA) is 54.4 Å². The third kappa shape index (κ3) is 5.47. The highest BCUT2D eigenvalue weighted by Crippen LogP contribution is 2.39. The summed E-state index contributed by atoms with van der Waals surface area (Å²) in [5.74, 6) is 0.367. The number of carbonyl (C=O) groups is 2. The van der Waals surface area contributed by atoms with Gasteiger partial charge >= 0.3 is 5.97 Å². The second-order valence-electron chi connectivity index (χ2n) is 7.12. The molecule has 132 valence electrons. The first-order valence-electron chi connectivity index (χ1n) is 9.45. The predicted octanol–water partition coefficient (Wildman–Crippen LogP) is 5.59. The Kier molecular flexibility index (Phi) is 7.48. The molecule has 0 aliphatic heterocycles. The van der Waals surface area contributed by atoms with Gasteiger partial charge in [-0.15, -0.1) is 0 Å². The molecule has 3 heteroatoms. The van der Waals surface area contributed by atoms with Gasteiger partial charge in [-0.2, -0.15) is 0 Å². The van der Waals surface area contributed by atoms with Crippen LogP contribution in [0.15, 0.2) is 24.3 Å². The predicted molar refractivity (Wildman–Crippen MR) is 96.5 cm³/mol. The summed E-state index contributed by atoms with van der Waals surface area (Å²) in [6.07, 6.45) is 10.1. The molecular weight excluding hydrogens is 300 g/mol. The van der Waals surface area contributed by atoms with Gasteiger partial charge in [-0.3, -0.25) is 9.59 Å². The molecular formula is C21H30O3. The average Bonchev–Trinajstić information content (AvgIpc) is 2.60. The van der Waals surface area contributed by atoms with Gasteiger partial charge < -0.3 is 5.11 Å². The highest BCUT2D eigenvalue weighted by molar-refractivity contribution is 5.98. The van der Waals surface area contributed by atoms with Gasteiger partial charge in [0.2, 0.25) is 0 Å². The van der Waals surface area contributed by atoms with E-state index in [0.717, 1.165) is 29.9 Å². The number of Topliss-reactive ketones (excluding diaryl/α,β-unsaturated/α-hetero) is 1. The van der Waals surface area contributed by atoms with Gasteiger partial charge in [0.05, 0.1) is 6.42 Å². The molecule has 0 spiro atoms. The Hall–Kier alpha value is -1.64. The number of benzene rings is 1. The van der Waals surface area contributed by atoms with E-state index in [1.54, 1.807) is 0 Å². The Balaban J connectivity index is 1.95. The van der Waals surface area contributed by atoms with Crippen molar-refractivity contribution in [2.24, 2.45) is 5.92 Å². The zero-order chi connectivity index (χ0) is 17.4. The first-order valence-corrected chi connectivity index (χ1v) is 9.45. The van der Waals surface area contributed by atoms with E-state index in [9.17, 15) is 9.59 Å². The lowest BCUT2D eigenvalue weighted by Crippen LogP contribution is -2.16. The number of carbonyl (C=O) groups excluding carboxylic acids is 1. The quantitative estimate of drug-likeness (QED) is 0.474. The third-order valence-electron chi connectivity index (χ3n) is 5.33. The lowest BCUT2D eigenvalue weighted by atomic mass is 9.75. The second kappa shape index (κ2) is 9.61. The van der Waals surface area contributed by atoms with Gasteiger partial charge in [0.25, 0.3) is 0 Å². The van der Waals surface area contributed by atoms with Crippen LogP contribution in [0.25, 0.3) is 0 Å². The fourth-order valence-corrected chi connectivity index (χ4v) is 3.91. The van der Waals surface area contributed by atoms with Crippen molar-refractivity contribution in [3.63, 3.8) is 0 Å². The van der Waals surface area contributed by atoms with Crippen molar-refractivity contribution >= 4 is 11.8 Å². The van der Waals surface area contributed by atoms with E-state index in [1.807, 2.05) is 18.2 Å². The number of aliphatic carboxylic acids is 1. The molecule has 1 fully saturated rings. The van der Waals surface area contributed by atoms with Crippen LogP contribution in [0.1, 0.15) is 93.0 Å². The van der Waals surface area contributed by atoms with Crippen molar-refractivity contribution in [1.29, 1.82) is 0 Å². The number of carboxylic acids is 1. The normalized spacial score (nSPS) is 20.7. The Morgan fingerprint density at radius 2 is 1.75 bits per heavy atom. The van der Waals surface area contributed by atoms with Crippen molar-refractivity contribution in [1.82, 2.24) is 0 Å². The van der Waals surface area contributed by atoms with E-state index in [0.29, 0.717) is 5.92 Å². The van der Waals surface area contributed by atoms with E-state index in [2.05, 4.69) is 13.0 Å². The third-order valence-corrected chi connectivity index (χ3v) is 5.33. The first-order chi connectivity index (χ1) is 11.6. The number of rotatable bonds is 9. The zero-order valence-corrected chi connectivity index (χ0v) is 14.8. The molecule has 3 nitrogen and oxygen atoms in total. The minimum absolute atomic E-state index is 0.0296. The Morgan fingerprint density at radius 3 is 2.42 bits per heavy atom. The summed E-state index contributed by atoms with van der Waals surface area (Å²) >= 11 is 0. The van der Waals surface area contributed by atoms with Crippen LogP contribution in [0.2, 0.25) is 0 Å². The minimum Gasteiger partial charge on any atom is -0.481 e. The van der Waals surface area contributed by atoms with Crippen molar-refractivity contribution in [2.45, 2.75) is 77.0 Å². The molecule has 1 aliphatic rings. The molecule has 1 N–H and O–H groups in total. The van der Waals surface area contributed by atoms with Crippen LogP contribution in [-0.4, -0.2) is 16.9 Å². The summed E-state index contributed by atoms with van der Waals surface area (Å²) in [6, 6.07) is 7.81. The van der Waals surface area contributed by atoms with Gasteiger partial charge in [0.15, 0.2) is 5.78 Å². The molecule has 0 saturated heterocycles. The minimum atomic E-state index is -0.909. The van der Waals surface area contributed by atoms with E-state index in [-0.39, 0.29) is 18.6 Å². The molecule has 0 unspecified atom stereocenters. The van der Waals surface area contributed by atoms with Crippen LogP contribution in [-0.2, 0) is 4.79 Å². The van der Waals surface area contributed by atoms with Gasteiger partial charge in [0, 0.05) is 12.0 Å². The van der Waals surface area contributed by atoms with Gasteiger partial charge in [-0.05, 0) is 43.1 Å². The van der Waals surface area contributed by atoms with Crippen LogP contribution in [0.5, 0.6) is 0 Å². The smallest absolute Gasteiger partial charge is 0.303 e.